The molecule has 3 aromatic carbocycles. The molecule has 52 heavy (non-hydrogen) atoms. The molecular formula is C39H40ClFN6O5. The Labute approximate surface area is 306 Å². The minimum absolute atomic E-state index is 0.0181. The highest BCUT2D eigenvalue weighted by Crippen LogP contribution is 2.44. The number of anilines is 1. The molecule has 2 heterocycles. The van der Waals surface area contributed by atoms with Gasteiger partial charge in [0.2, 0.25) is 0 Å². The number of nitrogens with zero attached hydrogens (tertiary/aromatic N) is 4. The zero-order chi connectivity index (χ0) is 36.7. The number of halogens is 2. The van der Waals surface area contributed by atoms with E-state index in [0.29, 0.717) is 49.2 Å². The highest BCUT2D eigenvalue weighted by molar-refractivity contribution is 6.32. The number of benzene rings is 3. The third kappa shape index (κ3) is 6.60. The quantitative estimate of drug-likeness (QED) is 0.172. The Hall–Kier alpha value is -4.96. The van der Waals surface area contributed by atoms with Crippen molar-refractivity contribution in [3.8, 4) is 28.7 Å². The van der Waals surface area contributed by atoms with Gasteiger partial charge in [-0.05, 0) is 55.4 Å². The van der Waals surface area contributed by atoms with Crippen LogP contribution in [0.25, 0.3) is 11.1 Å². The highest BCUT2D eigenvalue weighted by atomic mass is 35.5. The third-order valence-electron chi connectivity index (χ3n) is 10.3. The number of nitrogens with one attached hydrogen (secondary N) is 1. The van der Waals surface area contributed by atoms with Gasteiger partial charge in [-0.15, -0.1) is 0 Å². The van der Waals surface area contributed by atoms with Gasteiger partial charge in [-0.1, -0.05) is 41.9 Å². The Balaban J connectivity index is 1.10. The first-order valence-electron chi connectivity index (χ1n) is 17.5. The van der Waals surface area contributed by atoms with E-state index in [0.717, 1.165) is 47.5 Å². The van der Waals surface area contributed by atoms with Gasteiger partial charge in [0.1, 0.15) is 35.3 Å². The van der Waals surface area contributed by atoms with Crippen molar-refractivity contribution in [2.75, 3.05) is 25.6 Å². The van der Waals surface area contributed by atoms with E-state index >= 15 is 4.39 Å². The Kier molecular flexibility index (Phi) is 9.94. The van der Waals surface area contributed by atoms with Gasteiger partial charge >= 0.3 is 5.97 Å². The van der Waals surface area contributed by atoms with Crippen LogP contribution >= 0.6 is 11.6 Å². The summed E-state index contributed by atoms with van der Waals surface area (Å²) in [5.74, 6) is -0.485. The van der Waals surface area contributed by atoms with Gasteiger partial charge in [0, 0.05) is 62.0 Å². The standard InChI is InChI=1S/C39H40ClFN6O5/c1-21(20-51-39(49)22-10-11-22)47-15-14-31-30(19-47)44-37(46(31)2)38(48)45-29-9-5-7-24(27(29)17-42)23-6-4-8-26-25(23)12-13-32(26)52-34-16-33(50-3)28(18-43)36(41)35(34)40/h4-9,16,21-22,32H,10-15,18-20,43H2,1-3H3,(H,45,48). The molecule has 0 saturated heterocycles. The predicted molar refractivity (Wildman–Crippen MR) is 193 cm³/mol. The van der Waals surface area contributed by atoms with Gasteiger partial charge in [-0.3, -0.25) is 14.5 Å². The smallest absolute Gasteiger partial charge is 0.308 e. The maximum Gasteiger partial charge on any atom is 0.308 e. The summed E-state index contributed by atoms with van der Waals surface area (Å²) in [5.41, 5.74) is 11.8. The summed E-state index contributed by atoms with van der Waals surface area (Å²) >= 11 is 6.37. The second-order valence-electron chi connectivity index (χ2n) is 13.6. The molecule has 4 aromatic rings. The first kappa shape index (κ1) is 35.4. The molecule has 13 heteroatoms. The summed E-state index contributed by atoms with van der Waals surface area (Å²) in [5, 5.41) is 13.2. The number of nitrogens with two attached hydrogens (primary N) is 1. The molecule has 11 nitrogen and oxygen atoms in total. The summed E-state index contributed by atoms with van der Waals surface area (Å²) in [6.07, 6.45) is 3.35. The Morgan fingerprint density at radius 1 is 1.15 bits per heavy atom. The number of esters is 1. The van der Waals surface area contributed by atoms with Gasteiger partial charge in [-0.25, -0.2) is 9.37 Å². The molecule has 3 N–H and O–H groups in total. The van der Waals surface area contributed by atoms with Crippen LogP contribution < -0.4 is 20.5 Å². The van der Waals surface area contributed by atoms with Crippen molar-refractivity contribution in [2.24, 2.45) is 18.7 Å². The fraction of sp³-hybridized carbons (Fsp3) is 0.385. The molecule has 3 aliphatic rings. The SMILES string of the molecule is COc1cc(OC2CCc3c(-c4cccc(NC(=O)c5nc6c(n5C)CCN(C(C)COC(=O)C5CC5)C6)c4C#N)cccc32)c(Cl)c(F)c1CN. The van der Waals surface area contributed by atoms with Crippen LogP contribution in [0.3, 0.4) is 0 Å². The zero-order valence-electron chi connectivity index (χ0n) is 29.3. The fourth-order valence-corrected chi connectivity index (χ4v) is 7.49. The molecule has 0 radical (unpaired) electrons. The number of amides is 1. The van der Waals surface area contributed by atoms with Crippen molar-refractivity contribution in [3.05, 3.63) is 92.8 Å². The second-order valence-corrected chi connectivity index (χ2v) is 13.9. The van der Waals surface area contributed by atoms with E-state index in [-0.39, 0.29) is 52.4 Å². The summed E-state index contributed by atoms with van der Waals surface area (Å²) in [6.45, 7) is 3.57. The number of ether oxygens (including phenoxy) is 3. The maximum atomic E-state index is 15.0. The molecule has 0 spiro atoms. The van der Waals surface area contributed by atoms with E-state index in [9.17, 15) is 14.9 Å². The van der Waals surface area contributed by atoms with E-state index in [1.807, 2.05) is 42.8 Å². The van der Waals surface area contributed by atoms with Gasteiger partial charge in [-0.2, -0.15) is 5.26 Å². The number of aromatic nitrogens is 2. The van der Waals surface area contributed by atoms with E-state index in [1.165, 1.54) is 7.11 Å². The maximum absolute atomic E-state index is 15.0. The van der Waals surface area contributed by atoms with Crippen molar-refractivity contribution in [1.29, 1.82) is 5.26 Å². The summed E-state index contributed by atoms with van der Waals surface area (Å²) < 4.78 is 34.0. The molecule has 1 aliphatic heterocycles. The van der Waals surface area contributed by atoms with Crippen LogP contribution in [0, 0.1) is 23.1 Å². The fourth-order valence-electron chi connectivity index (χ4n) is 7.27. The molecular weight excluding hydrogens is 687 g/mol. The molecule has 7 rings (SSSR count). The number of nitriles is 1. The minimum atomic E-state index is -0.673. The number of carbonyl (C=O) groups is 2. The number of hydrogen-bond donors (Lipinski definition) is 2. The molecule has 2 unspecified atom stereocenters. The normalized spacial score (nSPS) is 17.1. The van der Waals surface area contributed by atoms with Crippen LogP contribution in [-0.2, 0) is 42.5 Å². The first-order valence-corrected chi connectivity index (χ1v) is 17.8. The minimum Gasteiger partial charge on any atom is -0.496 e. The molecule has 0 bridgehead atoms. The summed E-state index contributed by atoms with van der Waals surface area (Å²) in [6, 6.07) is 15.0. The van der Waals surface area contributed by atoms with E-state index in [2.05, 4.69) is 16.3 Å². The van der Waals surface area contributed by atoms with E-state index in [4.69, 9.17) is 36.5 Å². The van der Waals surface area contributed by atoms with Crippen LogP contribution in [0.4, 0.5) is 10.1 Å². The molecule has 2 aliphatic carbocycles. The number of rotatable bonds is 11. The average Bonchev–Trinajstić information content (AvgIpc) is 3.86. The molecule has 1 aromatic heterocycles. The number of carbonyl (C=O) groups excluding carboxylic acids is 2. The lowest BCUT2D eigenvalue weighted by Gasteiger charge is -2.31. The van der Waals surface area contributed by atoms with Crippen LogP contribution in [-0.4, -0.2) is 52.6 Å². The molecule has 1 saturated carbocycles. The second kappa shape index (κ2) is 14.6. The Morgan fingerprint density at radius 3 is 2.65 bits per heavy atom. The molecule has 270 valence electrons. The summed E-state index contributed by atoms with van der Waals surface area (Å²) in [4.78, 5) is 32.7. The largest absolute Gasteiger partial charge is 0.496 e. The molecule has 1 fully saturated rings. The van der Waals surface area contributed by atoms with Gasteiger partial charge in [0.15, 0.2) is 11.6 Å². The van der Waals surface area contributed by atoms with E-state index < -0.39 is 17.8 Å². The topological polar surface area (TPSA) is 145 Å². The third-order valence-corrected chi connectivity index (χ3v) is 10.7. The van der Waals surface area contributed by atoms with Gasteiger partial charge < -0.3 is 29.8 Å². The molecule has 1 amide bonds. The van der Waals surface area contributed by atoms with Gasteiger partial charge in [0.05, 0.1) is 30.0 Å². The van der Waals surface area contributed by atoms with Crippen molar-refractivity contribution in [2.45, 2.75) is 64.3 Å². The summed E-state index contributed by atoms with van der Waals surface area (Å²) in [7, 11) is 3.26. The Morgan fingerprint density at radius 2 is 1.92 bits per heavy atom. The predicted octanol–water partition coefficient (Wildman–Crippen LogP) is 6.24. The monoisotopic (exact) mass is 726 g/mol. The molecule has 2 atom stereocenters. The van der Waals surface area contributed by atoms with Crippen molar-refractivity contribution < 1.29 is 28.2 Å². The number of methoxy groups -OCH3 is 1. The van der Waals surface area contributed by atoms with Crippen LogP contribution in [0.15, 0.2) is 42.5 Å². The average molecular weight is 727 g/mol. The van der Waals surface area contributed by atoms with Crippen molar-refractivity contribution in [1.82, 2.24) is 14.5 Å². The Bertz CT molecular complexity index is 2110. The van der Waals surface area contributed by atoms with Crippen LogP contribution in [0.2, 0.25) is 5.02 Å². The van der Waals surface area contributed by atoms with Crippen molar-refractivity contribution >= 4 is 29.2 Å². The van der Waals surface area contributed by atoms with Crippen LogP contribution in [0.5, 0.6) is 11.5 Å². The highest BCUT2D eigenvalue weighted by Gasteiger charge is 2.33. The first-order chi connectivity index (χ1) is 25.1. The zero-order valence-corrected chi connectivity index (χ0v) is 30.1. The lowest BCUT2D eigenvalue weighted by Crippen LogP contribution is -2.41. The van der Waals surface area contributed by atoms with Crippen molar-refractivity contribution in [3.63, 3.8) is 0 Å². The van der Waals surface area contributed by atoms with Crippen LogP contribution in [0.1, 0.15) is 76.6 Å². The van der Waals surface area contributed by atoms with E-state index in [1.54, 1.807) is 18.2 Å². The lowest BCUT2D eigenvalue weighted by molar-refractivity contribution is -0.147. The number of hydrogen-bond acceptors (Lipinski definition) is 9. The van der Waals surface area contributed by atoms with Gasteiger partial charge in [0.25, 0.3) is 5.91 Å². The number of fused-ring (bicyclic) bond motifs is 2. The number of imidazole rings is 1. The lowest BCUT2D eigenvalue weighted by atomic mass is 9.92.